The lowest BCUT2D eigenvalue weighted by Crippen LogP contribution is -2.16. The van der Waals surface area contributed by atoms with Crippen LogP contribution in [0, 0.1) is 11.2 Å². The third-order valence-electron chi connectivity index (χ3n) is 1.98. The van der Waals surface area contributed by atoms with Gasteiger partial charge in [0.1, 0.15) is 12.1 Å². The van der Waals surface area contributed by atoms with Gasteiger partial charge in [-0.15, -0.1) is 0 Å². The summed E-state index contributed by atoms with van der Waals surface area (Å²) < 4.78 is 13.5. The normalized spacial score (nSPS) is 11.4. The molecule has 0 bridgehead atoms. The Hall–Kier alpha value is -0.700. The molecular weight excluding hydrogens is 247 g/mol. The van der Waals surface area contributed by atoms with Gasteiger partial charge in [-0.3, -0.25) is 0 Å². The molecule has 1 aromatic rings. The van der Waals surface area contributed by atoms with Crippen molar-refractivity contribution >= 4 is 22.2 Å². The van der Waals surface area contributed by atoms with Crippen LogP contribution in [-0.2, 0) is 11.2 Å². The first-order chi connectivity index (χ1) is 6.44. The van der Waals surface area contributed by atoms with Crippen molar-refractivity contribution in [2.75, 3.05) is 0 Å². The summed E-state index contributed by atoms with van der Waals surface area (Å²) in [6, 6.07) is 4.52. The van der Waals surface area contributed by atoms with Gasteiger partial charge in [0.25, 0.3) is 0 Å². The van der Waals surface area contributed by atoms with E-state index in [2.05, 4.69) is 15.9 Å². The van der Waals surface area contributed by atoms with E-state index >= 15 is 0 Å². The molecule has 14 heavy (non-hydrogen) atoms. The molecule has 0 aliphatic heterocycles. The van der Waals surface area contributed by atoms with Gasteiger partial charge in [0.05, 0.1) is 0 Å². The fourth-order valence-electron chi connectivity index (χ4n) is 1.20. The Balaban J connectivity index is 2.92. The molecule has 0 saturated heterocycles. The average molecular weight is 259 g/mol. The number of rotatable bonds is 3. The third-order valence-corrected chi connectivity index (χ3v) is 2.72. The summed E-state index contributed by atoms with van der Waals surface area (Å²) in [6.07, 6.45) is 1.53. The van der Waals surface area contributed by atoms with Crippen LogP contribution in [0.25, 0.3) is 0 Å². The largest absolute Gasteiger partial charge is 0.303 e. The Labute approximate surface area is 91.5 Å². The Kier molecular flexibility index (Phi) is 3.43. The molecule has 0 aromatic heterocycles. The average Bonchev–Trinajstić information content (AvgIpc) is 2.10. The van der Waals surface area contributed by atoms with Crippen molar-refractivity contribution in [2.24, 2.45) is 5.41 Å². The van der Waals surface area contributed by atoms with Gasteiger partial charge >= 0.3 is 0 Å². The van der Waals surface area contributed by atoms with Crippen LogP contribution in [0.5, 0.6) is 0 Å². The van der Waals surface area contributed by atoms with E-state index in [1.165, 1.54) is 12.1 Å². The number of aldehydes is 1. The van der Waals surface area contributed by atoms with Gasteiger partial charge in [0, 0.05) is 9.89 Å². The molecular formula is C11H12BrFO. The molecule has 0 fully saturated rings. The lowest BCUT2D eigenvalue weighted by molar-refractivity contribution is -0.114. The lowest BCUT2D eigenvalue weighted by atomic mass is 9.87. The second-order valence-corrected chi connectivity index (χ2v) is 4.87. The summed E-state index contributed by atoms with van der Waals surface area (Å²) in [5, 5.41) is 0. The Bertz CT molecular complexity index is 347. The summed E-state index contributed by atoms with van der Waals surface area (Å²) in [7, 11) is 0. The van der Waals surface area contributed by atoms with E-state index in [1.54, 1.807) is 6.07 Å². The lowest BCUT2D eigenvalue weighted by Gasteiger charge is -2.17. The predicted molar refractivity (Wildman–Crippen MR) is 57.6 cm³/mol. The molecule has 0 atom stereocenters. The fraction of sp³-hybridized carbons (Fsp3) is 0.364. The molecule has 3 heteroatoms. The summed E-state index contributed by atoms with van der Waals surface area (Å²) >= 11 is 3.27. The minimum Gasteiger partial charge on any atom is -0.303 e. The van der Waals surface area contributed by atoms with E-state index in [0.717, 1.165) is 11.8 Å². The molecule has 0 unspecified atom stereocenters. The fourth-order valence-corrected chi connectivity index (χ4v) is 1.69. The van der Waals surface area contributed by atoms with Gasteiger partial charge in [0.15, 0.2) is 0 Å². The molecule has 0 aliphatic rings. The van der Waals surface area contributed by atoms with Crippen molar-refractivity contribution in [3.8, 4) is 0 Å². The molecule has 0 aliphatic carbocycles. The van der Waals surface area contributed by atoms with Crippen LogP contribution >= 0.6 is 15.9 Å². The highest BCUT2D eigenvalue weighted by molar-refractivity contribution is 9.10. The number of hydrogen-bond acceptors (Lipinski definition) is 1. The molecule has 0 spiro atoms. The highest BCUT2D eigenvalue weighted by Crippen LogP contribution is 2.25. The quantitative estimate of drug-likeness (QED) is 0.761. The van der Waals surface area contributed by atoms with E-state index < -0.39 is 5.41 Å². The van der Waals surface area contributed by atoms with Crippen LogP contribution < -0.4 is 0 Å². The second-order valence-electron chi connectivity index (χ2n) is 4.02. The van der Waals surface area contributed by atoms with Crippen molar-refractivity contribution in [1.82, 2.24) is 0 Å². The highest BCUT2D eigenvalue weighted by atomic mass is 79.9. The molecule has 1 aromatic carbocycles. The number of hydrogen-bond donors (Lipinski definition) is 0. The van der Waals surface area contributed by atoms with Crippen molar-refractivity contribution in [3.05, 3.63) is 34.1 Å². The third kappa shape index (κ3) is 2.91. The van der Waals surface area contributed by atoms with E-state index in [-0.39, 0.29) is 5.82 Å². The minimum absolute atomic E-state index is 0.274. The van der Waals surface area contributed by atoms with E-state index in [4.69, 9.17) is 0 Å². The summed E-state index contributed by atoms with van der Waals surface area (Å²) in [6.45, 7) is 3.71. The molecule has 0 N–H and O–H groups in total. The van der Waals surface area contributed by atoms with Crippen molar-refractivity contribution in [2.45, 2.75) is 20.3 Å². The van der Waals surface area contributed by atoms with Crippen LogP contribution in [0.2, 0.25) is 0 Å². The maximum Gasteiger partial charge on any atom is 0.125 e. The maximum absolute atomic E-state index is 12.8. The zero-order chi connectivity index (χ0) is 10.8. The number of carbonyl (C=O) groups is 1. The monoisotopic (exact) mass is 258 g/mol. The number of carbonyl (C=O) groups excluding carboxylic acids is 1. The first kappa shape index (κ1) is 11.4. The summed E-state index contributed by atoms with van der Waals surface area (Å²) in [4.78, 5) is 10.7. The second kappa shape index (κ2) is 4.22. The minimum atomic E-state index is -0.402. The van der Waals surface area contributed by atoms with Crippen molar-refractivity contribution in [3.63, 3.8) is 0 Å². The van der Waals surface area contributed by atoms with Crippen LogP contribution in [0.4, 0.5) is 4.39 Å². The molecule has 1 rings (SSSR count). The molecule has 0 radical (unpaired) electrons. The summed E-state index contributed by atoms with van der Waals surface area (Å²) in [5.74, 6) is -0.274. The maximum atomic E-state index is 12.8. The molecule has 0 amide bonds. The van der Waals surface area contributed by atoms with E-state index in [1.807, 2.05) is 13.8 Å². The van der Waals surface area contributed by atoms with Crippen LogP contribution in [0.1, 0.15) is 19.4 Å². The van der Waals surface area contributed by atoms with Crippen LogP contribution in [0.15, 0.2) is 22.7 Å². The number of benzene rings is 1. The molecule has 1 nitrogen and oxygen atoms in total. The molecule has 0 heterocycles. The Morgan fingerprint density at radius 2 is 2.14 bits per heavy atom. The van der Waals surface area contributed by atoms with Gasteiger partial charge in [-0.1, -0.05) is 35.8 Å². The topological polar surface area (TPSA) is 17.1 Å². The van der Waals surface area contributed by atoms with Crippen molar-refractivity contribution < 1.29 is 9.18 Å². The Morgan fingerprint density at radius 3 is 2.64 bits per heavy atom. The van der Waals surface area contributed by atoms with Crippen molar-refractivity contribution in [1.29, 1.82) is 0 Å². The van der Waals surface area contributed by atoms with Gasteiger partial charge in [-0.2, -0.15) is 0 Å². The zero-order valence-electron chi connectivity index (χ0n) is 8.18. The SMILES string of the molecule is CC(C)(C=O)Cc1ccc(F)cc1Br. The first-order valence-corrected chi connectivity index (χ1v) is 5.14. The van der Waals surface area contributed by atoms with Crippen LogP contribution in [0.3, 0.4) is 0 Å². The predicted octanol–water partition coefficient (Wildman–Crippen LogP) is 3.36. The highest BCUT2D eigenvalue weighted by Gasteiger charge is 2.18. The van der Waals surface area contributed by atoms with Gasteiger partial charge < -0.3 is 4.79 Å². The number of halogens is 2. The molecule has 76 valence electrons. The molecule has 0 saturated carbocycles. The smallest absolute Gasteiger partial charge is 0.125 e. The summed E-state index contributed by atoms with van der Waals surface area (Å²) in [5.41, 5.74) is 0.545. The van der Waals surface area contributed by atoms with Crippen LogP contribution in [-0.4, -0.2) is 6.29 Å². The van der Waals surface area contributed by atoms with E-state index in [0.29, 0.717) is 10.9 Å². The van der Waals surface area contributed by atoms with Gasteiger partial charge in [0.2, 0.25) is 0 Å². The Morgan fingerprint density at radius 1 is 1.50 bits per heavy atom. The van der Waals surface area contributed by atoms with Gasteiger partial charge in [-0.05, 0) is 24.1 Å². The first-order valence-electron chi connectivity index (χ1n) is 4.35. The standard InChI is InChI=1S/C11H12BrFO/c1-11(2,7-14)6-8-3-4-9(13)5-10(8)12/h3-5,7H,6H2,1-2H3. The zero-order valence-corrected chi connectivity index (χ0v) is 9.77. The van der Waals surface area contributed by atoms with Gasteiger partial charge in [-0.25, -0.2) is 4.39 Å². The van der Waals surface area contributed by atoms with E-state index in [9.17, 15) is 9.18 Å².